The van der Waals surface area contributed by atoms with Crippen LogP contribution in [0.2, 0.25) is 0 Å². The average Bonchev–Trinajstić information content (AvgIpc) is 3.11. The maximum absolute atomic E-state index is 12.2. The Bertz CT molecular complexity index is 661. The Morgan fingerprint density at radius 3 is 2.81 bits per heavy atom. The Labute approximate surface area is 132 Å². The summed E-state index contributed by atoms with van der Waals surface area (Å²) in [4.78, 5) is 16.3. The zero-order valence-corrected chi connectivity index (χ0v) is 13.6. The minimum Gasteiger partial charge on any atom is -0.347 e. The SMILES string of the molecule is Cn1cncc1CCC(=O)NC1(c2ccccc2Br)CC1. The van der Waals surface area contributed by atoms with Crippen LogP contribution in [-0.2, 0) is 23.8 Å². The first-order valence-electron chi connectivity index (χ1n) is 7.12. The Morgan fingerprint density at radius 2 is 2.19 bits per heavy atom. The Morgan fingerprint density at radius 1 is 1.43 bits per heavy atom. The number of imidazole rings is 1. The highest BCUT2D eigenvalue weighted by Crippen LogP contribution is 2.48. The molecule has 110 valence electrons. The molecule has 1 fully saturated rings. The first-order valence-corrected chi connectivity index (χ1v) is 7.91. The molecule has 4 nitrogen and oxygen atoms in total. The summed E-state index contributed by atoms with van der Waals surface area (Å²) in [6, 6.07) is 8.12. The van der Waals surface area contributed by atoms with Gasteiger partial charge in [-0.2, -0.15) is 0 Å². The highest BCUT2D eigenvalue weighted by atomic mass is 79.9. The monoisotopic (exact) mass is 347 g/mol. The summed E-state index contributed by atoms with van der Waals surface area (Å²) >= 11 is 3.58. The van der Waals surface area contributed by atoms with Crippen LogP contribution in [0.1, 0.15) is 30.5 Å². The summed E-state index contributed by atoms with van der Waals surface area (Å²) in [5.74, 6) is 0.101. The van der Waals surface area contributed by atoms with Crippen LogP contribution in [0.5, 0.6) is 0 Å². The van der Waals surface area contributed by atoms with Crippen molar-refractivity contribution in [2.75, 3.05) is 0 Å². The Balaban J connectivity index is 1.63. The zero-order chi connectivity index (χ0) is 14.9. The zero-order valence-electron chi connectivity index (χ0n) is 12.0. The van der Waals surface area contributed by atoms with E-state index < -0.39 is 0 Å². The molecule has 0 aliphatic heterocycles. The van der Waals surface area contributed by atoms with E-state index in [9.17, 15) is 4.79 Å². The lowest BCUT2D eigenvalue weighted by Gasteiger charge is -2.19. The number of hydrogen-bond acceptors (Lipinski definition) is 2. The van der Waals surface area contributed by atoms with Gasteiger partial charge in [0, 0.05) is 29.8 Å². The molecule has 0 unspecified atom stereocenters. The van der Waals surface area contributed by atoms with Crippen LogP contribution >= 0.6 is 15.9 Å². The van der Waals surface area contributed by atoms with E-state index in [1.54, 1.807) is 6.33 Å². The van der Waals surface area contributed by atoms with E-state index in [4.69, 9.17) is 0 Å². The van der Waals surface area contributed by atoms with Gasteiger partial charge in [0.2, 0.25) is 5.91 Å². The van der Waals surface area contributed by atoms with Crippen molar-refractivity contribution in [3.05, 3.63) is 52.5 Å². The molecular formula is C16H18BrN3O. The normalized spacial score (nSPS) is 15.7. The van der Waals surface area contributed by atoms with Crippen LogP contribution < -0.4 is 5.32 Å². The number of carbonyl (C=O) groups is 1. The predicted molar refractivity (Wildman–Crippen MR) is 84.7 cm³/mol. The number of halogens is 1. The van der Waals surface area contributed by atoms with E-state index in [-0.39, 0.29) is 11.4 Å². The number of aromatic nitrogens is 2. The van der Waals surface area contributed by atoms with Gasteiger partial charge in [-0.05, 0) is 30.9 Å². The lowest BCUT2D eigenvalue weighted by molar-refractivity contribution is -0.122. The maximum atomic E-state index is 12.2. The highest BCUT2D eigenvalue weighted by molar-refractivity contribution is 9.10. The number of nitrogens with one attached hydrogen (secondary N) is 1. The molecule has 1 heterocycles. The summed E-state index contributed by atoms with van der Waals surface area (Å²) in [6.07, 6.45) is 6.80. The van der Waals surface area contributed by atoms with Gasteiger partial charge in [0.15, 0.2) is 0 Å². The smallest absolute Gasteiger partial charge is 0.221 e. The molecule has 1 aromatic carbocycles. The lowest BCUT2D eigenvalue weighted by Crippen LogP contribution is -2.35. The van der Waals surface area contributed by atoms with Gasteiger partial charge in [-0.1, -0.05) is 34.1 Å². The van der Waals surface area contributed by atoms with Crippen LogP contribution in [0.4, 0.5) is 0 Å². The molecule has 1 aliphatic carbocycles. The number of carbonyl (C=O) groups excluding carboxylic acids is 1. The van der Waals surface area contributed by atoms with Crippen molar-refractivity contribution in [3.8, 4) is 0 Å². The van der Waals surface area contributed by atoms with E-state index in [2.05, 4.69) is 32.3 Å². The first kappa shape index (κ1) is 14.3. The summed E-state index contributed by atoms with van der Waals surface area (Å²) < 4.78 is 3.02. The average molecular weight is 348 g/mol. The van der Waals surface area contributed by atoms with E-state index >= 15 is 0 Å². The number of benzene rings is 1. The molecule has 0 spiro atoms. The fourth-order valence-corrected chi connectivity index (χ4v) is 3.30. The van der Waals surface area contributed by atoms with Crippen LogP contribution in [0, 0.1) is 0 Å². The van der Waals surface area contributed by atoms with Crippen molar-refractivity contribution in [3.63, 3.8) is 0 Å². The second kappa shape index (κ2) is 5.64. The molecule has 2 aromatic rings. The van der Waals surface area contributed by atoms with E-state index in [1.807, 2.05) is 36.0 Å². The van der Waals surface area contributed by atoms with Crippen LogP contribution in [0.15, 0.2) is 41.3 Å². The number of hydrogen-bond donors (Lipinski definition) is 1. The second-order valence-electron chi connectivity index (χ2n) is 5.61. The quantitative estimate of drug-likeness (QED) is 0.903. The fourth-order valence-electron chi connectivity index (χ4n) is 2.63. The van der Waals surface area contributed by atoms with Crippen molar-refractivity contribution in [2.45, 2.75) is 31.2 Å². The molecule has 0 atom stereocenters. The number of amides is 1. The first-order chi connectivity index (χ1) is 10.1. The van der Waals surface area contributed by atoms with Gasteiger partial charge in [0.25, 0.3) is 0 Å². The van der Waals surface area contributed by atoms with Crippen LogP contribution in [-0.4, -0.2) is 15.5 Å². The third kappa shape index (κ3) is 3.02. The van der Waals surface area contributed by atoms with Crippen molar-refractivity contribution >= 4 is 21.8 Å². The minimum atomic E-state index is -0.163. The van der Waals surface area contributed by atoms with Gasteiger partial charge in [-0.15, -0.1) is 0 Å². The van der Waals surface area contributed by atoms with Gasteiger partial charge in [-0.25, -0.2) is 4.98 Å². The van der Waals surface area contributed by atoms with Gasteiger partial charge in [0.05, 0.1) is 11.9 Å². The predicted octanol–water partition coefficient (Wildman–Crippen LogP) is 2.92. The number of rotatable bonds is 5. The van der Waals surface area contributed by atoms with Gasteiger partial charge in [0.1, 0.15) is 0 Å². The summed E-state index contributed by atoms with van der Waals surface area (Å²) in [5, 5.41) is 3.21. The Kier molecular flexibility index (Phi) is 3.85. The van der Waals surface area contributed by atoms with Crippen LogP contribution in [0.25, 0.3) is 0 Å². The standard InChI is InChI=1S/C16H18BrN3O/c1-20-11-18-10-12(20)6-7-15(21)19-16(8-9-16)13-4-2-3-5-14(13)17/h2-5,10-11H,6-9H2,1H3,(H,19,21). The third-order valence-corrected chi connectivity index (χ3v) is 4.73. The number of aryl methyl sites for hydroxylation is 2. The van der Waals surface area contributed by atoms with Crippen LogP contribution in [0.3, 0.4) is 0 Å². The molecular weight excluding hydrogens is 330 g/mol. The summed E-state index contributed by atoms with van der Waals surface area (Å²) in [7, 11) is 1.95. The van der Waals surface area contributed by atoms with Gasteiger partial charge >= 0.3 is 0 Å². The molecule has 1 aliphatic rings. The van der Waals surface area contributed by atoms with Crippen molar-refractivity contribution in [1.29, 1.82) is 0 Å². The minimum absolute atomic E-state index is 0.101. The molecule has 0 radical (unpaired) electrons. The molecule has 0 saturated heterocycles. The molecule has 5 heteroatoms. The van der Waals surface area contributed by atoms with E-state index in [1.165, 1.54) is 5.56 Å². The van der Waals surface area contributed by atoms with Crippen molar-refractivity contribution < 1.29 is 4.79 Å². The summed E-state index contributed by atoms with van der Waals surface area (Å²) in [6.45, 7) is 0. The molecule has 21 heavy (non-hydrogen) atoms. The van der Waals surface area contributed by atoms with E-state index in [0.29, 0.717) is 12.8 Å². The molecule has 1 saturated carbocycles. The third-order valence-electron chi connectivity index (χ3n) is 4.04. The van der Waals surface area contributed by atoms with Gasteiger partial charge < -0.3 is 9.88 Å². The molecule has 3 rings (SSSR count). The highest BCUT2D eigenvalue weighted by Gasteiger charge is 2.46. The van der Waals surface area contributed by atoms with Crippen molar-refractivity contribution in [2.24, 2.45) is 7.05 Å². The maximum Gasteiger partial charge on any atom is 0.221 e. The molecule has 1 amide bonds. The fraction of sp³-hybridized carbons (Fsp3) is 0.375. The van der Waals surface area contributed by atoms with E-state index in [0.717, 1.165) is 23.0 Å². The molecule has 1 aromatic heterocycles. The molecule has 0 bridgehead atoms. The Hall–Kier alpha value is -1.62. The lowest BCUT2D eigenvalue weighted by atomic mass is 10.0. The second-order valence-corrected chi connectivity index (χ2v) is 6.46. The number of nitrogens with zero attached hydrogens (tertiary/aromatic N) is 2. The molecule has 1 N–H and O–H groups in total. The van der Waals surface area contributed by atoms with Gasteiger partial charge in [-0.3, -0.25) is 4.79 Å². The largest absolute Gasteiger partial charge is 0.347 e. The van der Waals surface area contributed by atoms with Crippen molar-refractivity contribution in [1.82, 2.24) is 14.9 Å². The summed E-state index contributed by atoms with van der Waals surface area (Å²) in [5.41, 5.74) is 2.10. The topological polar surface area (TPSA) is 46.9 Å².